The molecule has 8 nitrogen and oxygen atoms in total. The van der Waals surface area contributed by atoms with Crippen LogP contribution in [-0.4, -0.2) is 29.2 Å². The standard InChI is InChI=1S/C27H24ClN3O5S/c1-5-35-17-9-6-15(7-10-17)22-20(26(34)36-13(2)3)14(4)29-27-31(22)25(33)23(37-27)21-18-12-16(28)8-11-19(18)30-24(21)32/h6-13,22H,5H2,1-4H3,(H,30,32)/b23-21+/t22-/m1/s1. The number of hydrogen-bond donors (Lipinski definition) is 1. The van der Waals surface area contributed by atoms with Gasteiger partial charge in [-0.2, -0.15) is 0 Å². The van der Waals surface area contributed by atoms with Crippen LogP contribution in [0, 0.1) is 0 Å². The molecule has 1 atom stereocenters. The number of esters is 1. The summed E-state index contributed by atoms with van der Waals surface area (Å²) in [4.78, 5) is 45.2. The van der Waals surface area contributed by atoms with E-state index in [-0.39, 0.29) is 21.8 Å². The number of rotatable bonds is 5. The van der Waals surface area contributed by atoms with Gasteiger partial charge in [0, 0.05) is 16.3 Å². The van der Waals surface area contributed by atoms with E-state index in [1.54, 1.807) is 51.1 Å². The van der Waals surface area contributed by atoms with Gasteiger partial charge in [0.2, 0.25) is 0 Å². The van der Waals surface area contributed by atoms with Crippen LogP contribution >= 0.6 is 22.9 Å². The van der Waals surface area contributed by atoms with E-state index in [1.165, 1.54) is 4.57 Å². The molecule has 2 aliphatic rings. The average molecular weight is 538 g/mol. The first-order valence-corrected chi connectivity index (χ1v) is 13.0. The van der Waals surface area contributed by atoms with Gasteiger partial charge in [-0.15, -0.1) is 0 Å². The van der Waals surface area contributed by atoms with Gasteiger partial charge in [0.1, 0.15) is 10.3 Å². The number of halogens is 1. The fourth-order valence-corrected chi connectivity index (χ4v) is 5.82. The van der Waals surface area contributed by atoms with Gasteiger partial charge in [-0.05, 0) is 63.6 Å². The molecule has 3 aromatic rings. The van der Waals surface area contributed by atoms with Gasteiger partial charge in [0.15, 0.2) is 4.80 Å². The van der Waals surface area contributed by atoms with E-state index in [4.69, 9.17) is 21.1 Å². The maximum atomic E-state index is 14.0. The van der Waals surface area contributed by atoms with Crippen molar-refractivity contribution < 1.29 is 19.1 Å². The largest absolute Gasteiger partial charge is 0.494 e. The van der Waals surface area contributed by atoms with Crippen LogP contribution in [0.4, 0.5) is 5.69 Å². The number of fused-ring (bicyclic) bond motifs is 2. The normalized spacial score (nSPS) is 17.8. The van der Waals surface area contributed by atoms with Crippen molar-refractivity contribution in [2.24, 2.45) is 4.99 Å². The van der Waals surface area contributed by atoms with Gasteiger partial charge in [0.25, 0.3) is 11.5 Å². The van der Waals surface area contributed by atoms with Crippen molar-refractivity contribution in [3.8, 4) is 5.75 Å². The second-order valence-electron chi connectivity index (χ2n) is 8.88. The minimum Gasteiger partial charge on any atom is -0.494 e. The van der Waals surface area contributed by atoms with Crippen molar-refractivity contribution in [1.29, 1.82) is 0 Å². The fraction of sp³-hybridized carbons (Fsp3) is 0.259. The molecule has 37 heavy (non-hydrogen) atoms. The lowest BCUT2D eigenvalue weighted by molar-refractivity contribution is -0.143. The highest BCUT2D eigenvalue weighted by atomic mass is 35.5. The monoisotopic (exact) mass is 537 g/mol. The number of thiazole rings is 1. The lowest BCUT2D eigenvalue weighted by Gasteiger charge is -2.25. The lowest BCUT2D eigenvalue weighted by atomic mass is 9.95. The van der Waals surface area contributed by atoms with Crippen LogP contribution in [0.2, 0.25) is 5.02 Å². The molecule has 0 aliphatic carbocycles. The van der Waals surface area contributed by atoms with Crippen LogP contribution < -0.4 is 24.9 Å². The van der Waals surface area contributed by atoms with Crippen LogP contribution in [0.5, 0.6) is 5.75 Å². The Balaban J connectivity index is 1.77. The van der Waals surface area contributed by atoms with Crippen molar-refractivity contribution in [2.45, 2.75) is 39.8 Å². The first kappa shape index (κ1) is 25.0. The highest BCUT2D eigenvalue weighted by Crippen LogP contribution is 2.34. The van der Waals surface area contributed by atoms with Crippen LogP contribution in [0.3, 0.4) is 0 Å². The number of hydrogen-bond acceptors (Lipinski definition) is 7. The fourth-order valence-electron chi connectivity index (χ4n) is 4.50. The summed E-state index contributed by atoms with van der Waals surface area (Å²) in [5.74, 6) is -0.275. The number of carbonyl (C=O) groups excluding carboxylic acids is 2. The molecule has 2 aliphatic heterocycles. The molecule has 1 aromatic heterocycles. The Bertz CT molecular complexity index is 1650. The van der Waals surface area contributed by atoms with Crippen molar-refractivity contribution in [2.75, 3.05) is 11.9 Å². The molecule has 1 amide bonds. The van der Waals surface area contributed by atoms with Gasteiger partial charge >= 0.3 is 5.97 Å². The number of nitrogens with zero attached hydrogens (tertiary/aromatic N) is 2. The number of carbonyl (C=O) groups is 2. The molecule has 10 heteroatoms. The van der Waals surface area contributed by atoms with E-state index < -0.39 is 23.5 Å². The predicted octanol–water partition coefficient (Wildman–Crippen LogP) is 3.56. The molecule has 0 bridgehead atoms. The van der Waals surface area contributed by atoms with E-state index in [9.17, 15) is 14.4 Å². The minimum atomic E-state index is -0.796. The average Bonchev–Trinajstić information content (AvgIpc) is 3.33. The summed E-state index contributed by atoms with van der Waals surface area (Å²) in [7, 11) is 0. The number of nitrogens with one attached hydrogen (secondary N) is 1. The SMILES string of the molecule is CCOc1ccc([C@@H]2C(C(=O)OC(C)C)=C(C)N=c3s/c(=C4/C(=O)Nc5ccc(Cl)cc54)c(=O)n32)cc1. The highest BCUT2D eigenvalue weighted by molar-refractivity contribution is 7.07. The first-order chi connectivity index (χ1) is 17.7. The second kappa shape index (κ2) is 9.64. The number of allylic oxidation sites excluding steroid dienone is 1. The van der Waals surface area contributed by atoms with E-state index in [1.807, 2.05) is 19.1 Å². The first-order valence-electron chi connectivity index (χ1n) is 11.8. The number of aromatic nitrogens is 1. The Morgan fingerprint density at radius 1 is 1.19 bits per heavy atom. The number of ether oxygens (including phenoxy) is 2. The third-order valence-corrected chi connectivity index (χ3v) is 7.31. The van der Waals surface area contributed by atoms with Crippen molar-refractivity contribution in [3.63, 3.8) is 0 Å². The zero-order valence-electron chi connectivity index (χ0n) is 20.6. The van der Waals surface area contributed by atoms with Gasteiger partial charge in [-0.3, -0.25) is 14.2 Å². The molecule has 2 aromatic carbocycles. The molecule has 0 radical (unpaired) electrons. The van der Waals surface area contributed by atoms with Gasteiger partial charge < -0.3 is 14.8 Å². The molecular formula is C27H24ClN3O5S. The van der Waals surface area contributed by atoms with E-state index in [0.717, 1.165) is 11.3 Å². The summed E-state index contributed by atoms with van der Waals surface area (Å²) in [6, 6.07) is 11.4. The molecule has 3 heterocycles. The number of amides is 1. The zero-order chi connectivity index (χ0) is 26.4. The molecule has 0 saturated heterocycles. The smallest absolute Gasteiger partial charge is 0.338 e. The maximum absolute atomic E-state index is 14.0. The van der Waals surface area contributed by atoms with Crippen LogP contribution in [-0.2, 0) is 14.3 Å². The molecular weight excluding hydrogens is 514 g/mol. The Hall–Kier alpha value is -3.69. The van der Waals surface area contributed by atoms with Crippen molar-refractivity contribution in [3.05, 3.63) is 89.6 Å². The minimum absolute atomic E-state index is 0.222. The van der Waals surface area contributed by atoms with Gasteiger partial charge in [-0.1, -0.05) is 35.1 Å². The molecule has 5 rings (SSSR count). The van der Waals surface area contributed by atoms with E-state index >= 15 is 0 Å². The second-order valence-corrected chi connectivity index (χ2v) is 10.3. The van der Waals surface area contributed by atoms with E-state index in [0.29, 0.717) is 44.7 Å². The summed E-state index contributed by atoms with van der Waals surface area (Å²) in [6.45, 7) is 7.64. The van der Waals surface area contributed by atoms with Gasteiger partial charge in [-0.25, -0.2) is 9.79 Å². The van der Waals surface area contributed by atoms with Gasteiger partial charge in [0.05, 0.1) is 35.6 Å². The number of anilines is 1. The summed E-state index contributed by atoms with van der Waals surface area (Å²) < 4.78 is 12.8. The summed E-state index contributed by atoms with van der Waals surface area (Å²) in [5.41, 5.74) is 2.33. The van der Waals surface area contributed by atoms with Crippen LogP contribution in [0.15, 0.2) is 63.5 Å². The van der Waals surface area contributed by atoms with Crippen LogP contribution in [0.1, 0.15) is 44.9 Å². The maximum Gasteiger partial charge on any atom is 0.338 e. The molecule has 0 fully saturated rings. The zero-order valence-corrected chi connectivity index (χ0v) is 22.2. The highest BCUT2D eigenvalue weighted by Gasteiger charge is 2.35. The summed E-state index contributed by atoms with van der Waals surface area (Å²) in [5, 5.41) is 3.24. The van der Waals surface area contributed by atoms with Crippen molar-refractivity contribution in [1.82, 2.24) is 4.57 Å². The van der Waals surface area contributed by atoms with E-state index in [2.05, 4.69) is 10.3 Å². The topological polar surface area (TPSA) is 99.0 Å². The van der Waals surface area contributed by atoms with Crippen LogP contribution in [0.25, 0.3) is 5.57 Å². The molecule has 0 unspecified atom stereocenters. The Morgan fingerprint density at radius 3 is 2.59 bits per heavy atom. The summed E-state index contributed by atoms with van der Waals surface area (Å²) >= 11 is 7.30. The Labute approximate surface area is 221 Å². The third-order valence-electron chi connectivity index (χ3n) is 6.02. The third kappa shape index (κ3) is 4.38. The quantitative estimate of drug-likeness (QED) is 0.502. The number of benzene rings is 2. The molecule has 190 valence electrons. The molecule has 1 N–H and O–H groups in total. The molecule has 0 spiro atoms. The molecule has 0 saturated carbocycles. The lowest BCUT2D eigenvalue weighted by Crippen LogP contribution is -2.40. The van der Waals surface area contributed by atoms with Crippen molar-refractivity contribution >= 4 is 46.1 Å². The summed E-state index contributed by atoms with van der Waals surface area (Å²) in [6.07, 6.45) is -0.357. The predicted molar refractivity (Wildman–Crippen MR) is 142 cm³/mol. The Kier molecular flexibility index (Phi) is 6.51. The Morgan fingerprint density at radius 2 is 1.92 bits per heavy atom.